The van der Waals surface area contributed by atoms with E-state index in [-0.39, 0.29) is 30.7 Å². The Morgan fingerprint density at radius 3 is 2.43 bits per heavy atom. The van der Waals surface area contributed by atoms with E-state index >= 15 is 0 Å². The highest BCUT2D eigenvalue weighted by molar-refractivity contribution is 5.85. The third-order valence-electron chi connectivity index (χ3n) is 5.66. The standard InChI is InChI=1S/C20H32N4O2.2ClH/c1-26-16-20(8-10-21-11-9-20)19(25)23-15-17-6-7-18(22-14-17)24-12-4-2-3-5-13-24;;/h6-7,14,21H,2-5,8-13,15-16H2,1H3,(H,23,25);2*1H. The third-order valence-corrected chi connectivity index (χ3v) is 5.66. The lowest BCUT2D eigenvalue weighted by Gasteiger charge is -2.35. The monoisotopic (exact) mass is 432 g/mol. The second-order valence-electron chi connectivity index (χ2n) is 7.57. The Labute approximate surface area is 181 Å². The largest absolute Gasteiger partial charge is 0.384 e. The molecule has 2 N–H and O–H groups in total. The average Bonchev–Trinajstić information content (AvgIpc) is 2.97. The molecule has 3 heterocycles. The minimum absolute atomic E-state index is 0. The van der Waals surface area contributed by atoms with Gasteiger partial charge in [0.2, 0.25) is 5.91 Å². The fourth-order valence-corrected chi connectivity index (χ4v) is 4.00. The highest BCUT2D eigenvalue weighted by atomic mass is 35.5. The number of halogens is 2. The molecule has 0 saturated carbocycles. The van der Waals surface area contributed by atoms with Crippen LogP contribution >= 0.6 is 24.8 Å². The van der Waals surface area contributed by atoms with E-state index in [1.54, 1.807) is 7.11 Å². The lowest BCUT2D eigenvalue weighted by molar-refractivity contribution is -0.136. The number of methoxy groups -OCH3 is 1. The van der Waals surface area contributed by atoms with Crippen molar-refractivity contribution < 1.29 is 9.53 Å². The van der Waals surface area contributed by atoms with Gasteiger partial charge in [-0.1, -0.05) is 18.9 Å². The number of aromatic nitrogens is 1. The molecule has 0 bridgehead atoms. The van der Waals surface area contributed by atoms with Crippen LogP contribution in [0.5, 0.6) is 0 Å². The minimum Gasteiger partial charge on any atom is -0.384 e. The first-order valence-corrected chi connectivity index (χ1v) is 9.91. The summed E-state index contributed by atoms with van der Waals surface area (Å²) < 4.78 is 5.34. The summed E-state index contributed by atoms with van der Waals surface area (Å²) >= 11 is 0. The van der Waals surface area contributed by atoms with Crippen LogP contribution in [-0.2, 0) is 16.1 Å². The van der Waals surface area contributed by atoms with Gasteiger partial charge >= 0.3 is 0 Å². The highest BCUT2D eigenvalue weighted by Crippen LogP contribution is 2.29. The topological polar surface area (TPSA) is 66.5 Å². The van der Waals surface area contributed by atoms with E-state index in [0.717, 1.165) is 50.4 Å². The zero-order valence-corrected chi connectivity index (χ0v) is 18.4. The number of carbonyl (C=O) groups excluding carboxylic acids is 1. The van der Waals surface area contributed by atoms with Crippen molar-refractivity contribution in [3.63, 3.8) is 0 Å². The first-order chi connectivity index (χ1) is 12.7. The number of carbonyl (C=O) groups is 1. The average molecular weight is 433 g/mol. The number of anilines is 1. The van der Waals surface area contributed by atoms with Crippen molar-refractivity contribution >= 4 is 36.5 Å². The molecule has 0 unspecified atom stereocenters. The van der Waals surface area contributed by atoms with E-state index in [9.17, 15) is 4.79 Å². The van der Waals surface area contributed by atoms with Crippen LogP contribution in [0.1, 0.15) is 44.1 Å². The molecule has 8 heteroatoms. The Kier molecular flexibility index (Phi) is 11.1. The molecule has 0 radical (unpaired) electrons. The molecule has 0 atom stereocenters. The van der Waals surface area contributed by atoms with Crippen molar-refractivity contribution in [1.82, 2.24) is 15.6 Å². The molecular weight excluding hydrogens is 399 g/mol. The van der Waals surface area contributed by atoms with Crippen LogP contribution in [0.25, 0.3) is 0 Å². The number of nitrogens with one attached hydrogen (secondary N) is 2. The van der Waals surface area contributed by atoms with Gasteiger partial charge in [0.05, 0.1) is 12.0 Å². The number of hydrogen-bond donors (Lipinski definition) is 2. The minimum atomic E-state index is -0.403. The molecular formula is C20H34Cl2N4O2. The fraction of sp³-hybridized carbons (Fsp3) is 0.700. The van der Waals surface area contributed by atoms with Gasteiger partial charge in [0.25, 0.3) is 0 Å². The van der Waals surface area contributed by atoms with Crippen molar-refractivity contribution in [1.29, 1.82) is 0 Å². The molecule has 1 aromatic rings. The zero-order chi connectivity index (χ0) is 18.2. The van der Waals surface area contributed by atoms with E-state index < -0.39 is 5.41 Å². The lowest BCUT2D eigenvalue weighted by Crippen LogP contribution is -2.49. The SMILES string of the molecule is COCC1(C(=O)NCc2ccc(N3CCCCCC3)nc2)CCNCC1.Cl.Cl. The predicted octanol–water partition coefficient (Wildman–Crippen LogP) is 2.94. The number of piperidine rings is 1. The van der Waals surface area contributed by atoms with Gasteiger partial charge in [-0.2, -0.15) is 0 Å². The van der Waals surface area contributed by atoms with E-state index in [0.29, 0.717) is 13.2 Å². The first kappa shape index (κ1) is 25.0. The Balaban J connectivity index is 0.00000196. The van der Waals surface area contributed by atoms with Gasteiger partial charge in [-0.05, 0) is 50.4 Å². The van der Waals surface area contributed by atoms with Gasteiger partial charge in [0.15, 0.2) is 0 Å². The summed E-state index contributed by atoms with van der Waals surface area (Å²) in [5, 5.41) is 6.42. The molecule has 160 valence electrons. The molecule has 0 aromatic carbocycles. The number of amides is 1. The van der Waals surface area contributed by atoms with Gasteiger partial charge in [-0.15, -0.1) is 24.8 Å². The first-order valence-electron chi connectivity index (χ1n) is 9.91. The summed E-state index contributed by atoms with van der Waals surface area (Å²) in [6, 6.07) is 4.17. The number of hydrogen-bond acceptors (Lipinski definition) is 5. The maximum absolute atomic E-state index is 12.8. The highest BCUT2D eigenvalue weighted by Gasteiger charge is 2.39. The molecule has 0 spiro atoms. The molecule has 2 aliphatic rings. The van der Waals surface area contributed by atoms with Gasteiger partial charge < -0.3 is 20.3 Å². The molecule has 28 heavy (non-hydrogen) atoms. The fourth-order valence-electron chi connectivity index (χ4n) is 4.00. The normalized spacial score (nSPS) is 19.0. The predicted molar refractivity (Wildman–Crippen MR) is 118 cm³/mol. The van der Waals surface area contributed by atoms with Crippen LogP contribution in [0, 0.1) is 5.41 Å². The van der Waals surface area contributed by atoms with Crippen LogP contribution in [0.2, 0.25) is 0 Å². The second-order valence-corrected chi connectivity index (χ2v) is 7.57. The lowest BCUT2D eigenvalue weighted by atomic mass is 9.78. The molecule has 1 amide bonds. The van der Waals surface area contributed by atoms with E-state index in [1.807, 2.05) is 6.20 Å². The maximum Gasteiger partial charge on any atom is 0.228 e. The summed E-state index contributed by atoms with van der Waals surface area (Å²) in [6.45, 7) is 4.91. The van der Waals surface area contributed by atoms with Crippen molar-refractivity contribution in [3.05, 3.63) is 23.9 Å². The number of ether oxygens (including phenoxy) is 1. The molecule has 2 saturated heterocycles. The summed E-state index contributed by atoms with van der Waals surface area (Å²) in [5.74, 6) is 1.15. The number of nitrogens with zero attached hydrogens (tertiary/aromatic N) is 2. The summed E-state index contributed by atoms with van der Waals surface area (Å²) in [7, 11) is 1.67. The van der Waals surface area contributed by atoms with Gasteiger partial charge in [0, 0.05) is 32.9 Å². The summed E-state index contributed by atoms with van der Waals surface area (Å²) in [4.78, 5) is 19.8. The third kappa shape index (κ3) is 6.48. The maximum atomic E-state index is 12.8. The smallest absolute Gasteiger partial charge is 0.228 e. The number of rotatable bonds is 6. The Morgan fingerprint density at radius 2 is 1.86 bits per heavy atom. The van der Waals surface area contributed by atoms with Crippen molar-refractivity contribution in [2.24, 2.45) is 5.41 Å². The van der Waals surface area contributed by atoms with Crippen LogP contribution in [0.3, 0.4) is 0 Å². The Hall–Kier alpha value is -1.08. The zero-order valence-electron chi connectivity index (χ0n) is 16.7. The molecule has 1 aromatic heterocycles. The van der Waals surface area contributed by atoms with Crippen LogP contribution in [0.15, 0.2) is 18.3 Å². The van der Waals surface area contributed by atoms with Crippen molar-refractivity contribution in [3.8, 4) is 0 Å². The quantitative estimate of drug-likeness (QED) is 0.722. The Morgan fingerprint density at radius 1 is 1.18 bits per heavy atom. The van der Waals surface area contributed by atoms with Gasteiger partial charge in [-0.25, -0.2) is 4.98 Å². The van der Waals surface area contributed by atoms with Gasteiger partial charge in [-0.3, -0.25) is 4.79 Å². The van der Waals surface area contributed by atoms with E-state index in [4.69, 9.17) is 4.74 Å². The van der Waals surface area contributed by atoms with E-state index in [2.05, 4.69) is 32.7 Å². The van der Waals surface area contributed by atoms with Crippen molar-refractivity contribution in [2.75, 3.05) is 44.8 Å². The van der Waals surface area contributed by atoms with Gasteiger partial charge in [0.1, 0.15) is 5.82 Å². The van der Waals surface area contributed by atoms with Crippen LogP contribution < -0.4 is 15.5 Å². The van der Waals surface area contributed by atoms with Crippen LogP contribution in [-0.4, -0.2) is 50.8 Å². The summed E-state index contributed by atoms with van der Waals surface area (Å²) in [6.07, 6.45) is 8.66. The van der Waals surface area contributed by atoms with Crippen molar-refractivity contribution in [2.45, 2.75) is 45.1 Å². The number of pyridine rings is 1. The summed E-state index contributed by atoms with van der Waals surface area (Å²) in [5.41, 5.74) is 0.637. The van der Waals surface area contributed by atoms with Crippen LogP contribution in [0.4, 0.5) is 5.82 Å². The second kappa shape index (κ2) is 12.5. The molecule has 2 fully saturated rings. The van der Waals surface area contributed by atoms with E-state index in [1.165, 1.54) is 25.7 Å². The molecule has 6 nitrogen and oxygen atoms in total. The molecule has 2 aliphatic heterocycles. The molecule has 0 aliphatic carbocycles. The molecule has 3 rings (SSSR count). The Bertz CT molecular complexity index is 567.